The van der Waals surface area contributed by atoms with Gasteiger partial charge in [-0.2, -0.15) is 0 Å². The molecule has 0 spiro atoms. The molecule has 0 saturated heterocycles. The molecule has 0 aliphatic carbocycles. The summed E-state index contributed by atoms with van der Waals surface area (Å²) in [6.07, 6.45) is 2.73. The van der Waals surface area contributed by atoms with Crippen LogP contribution in [0.15, 0.2) is 48.5 Å². The Balaban J connectivity index is 2.22. The van der Waals surface area contributed by atoms with Crippen LogP contribution in [0.2, 0.25) is 0 Å². The van der Waals surface area contributed by atoms with E-state index >= 15 is 0 Å². The minimum atomic E-state index is -0.558. The average Bonchev–Trinajstić information content (AvgIpc) is 2.53. The molecule has 22 heavy (non-hydrogen) atoms. The van der Waals surface area contributed by atoms with Gasteiger partial charge in [0.15, 0.2) is 11.5 Å². The second-order valence-electron chi connectivity index (χ2n) is 4.39. The lowest BCUT2D eigenvalue weighted by atomic mass is 10.1. The van der Waals surface area contributed by atoms with Crippen molar-refractivity contribution in [3.63, 3.8) is 0 Å². The number of ether oxygens (including phenoxy) is 1. The third-order valence-corrected chi connectivity index (χ3v) is 2.96. The number of hydrogen-bond donors (Lipinski definition) is 0. The van der Waals surface area contributed by atoms with Gasteiger partial charge in [-0.3, -0.25) is 14.9 Å². The summed E-state index contributed by atoms with van der Waals surface area (Å²) in [5, 5.41) is 10.9. The molecule has 2 rings (SSSR count). The van der Waals surface area contributed by atoms with Crippen LogP contribution in [0.3, 0.4) is 0 Å². The average molecular weight is 301 g/mol. The molecule has 0 atom stereocenters. The fourth-order valence-electron chi connectivity index (χ4n) is 1.84. The van der Waals surface area contributed by atoms with Crippen molar-refractivity contribution in [1.82, 2.24) is 0 Å². The first-order chi connectivity index (χ1) is 10.5. The molecule has 0 aliphatic rings. The summed E-state index contributed by atoms with van der Waals surface area (Å²) < 4.78 is 17.7. The molecule has 0 saturated carbocycles. The molecule has 0 N–H and O–H groups in total. The zero-order valence-electron chi connectivity index (χ0n) is 11.7. The maximum atomic E-state index is 12.8. The number of rotatable bonds is 5. The van der Waals surface area contributed by atoms with Gasteiger partial charge in [-0.05, 0) is 42.0 Å². The smallest absolute Gasteiger partial charge is 0.311 e. The molecule has 2 aromatic carbocycles. The Labute approximate surface area is 125 Å². The number of nitro benzene ring substituents is 1. The largest absolute Gasteiger partial charge is 0.490 e. The number of hydrogen-bond acceptors (Lipinski definition) is 4. The Morgan fingerprint density at radius 2 is 1.91 bits per heavy atom. The number of nitrogens with zero attached hydrogens (tertiary/aromatic N) is 1. The minimum Gasteiger partial charge on any atom is -0.490 e. The van der Waals surface area contributed by atoms with Crippen molar-refractivity contribution in [2.75, 3.05) is 7.11 Å². The predicted molar refractivity (Wildman–Crippen MR) is 79.4 cm³/mol. The van der Waals surface area contributed by atoms with Crippen molar-refractivity contribution < 1.29 is 18.8 Å². The van der Waals surface area contributed by atoms with Crippen molar-refractivity contribution in [1.29, 1.82) is 0 Å². The van der Waals surface area contributed by atoms with Crippen LogP contribution >= 0.6 is 0 Å². The summed E-state index contributed by atoms with van der Waals surface area (Å²) in [6.45, 7) is 0. The van der Waals surface area contributed by atoms with E-state index in [1.165, 1.54) is 55.7 Å². The van der Waals surface area contributed by atoms with E-state index in [4.69, 9.17) is 4.74 Å². The van der Waals surface area contributed by atoms with Gasteiger partial charge in [-0.15, -0.1) is 0 Å². The number of halogens is 1. The highest BCUT2D eigenvalue weighted by molar-refractivity contribution is 6.06. The number of nitro groups is 1. The summed E-state index contributed by atoms with van der Waals surface area (Å²) in [6, 6.07) is 9.50. The quantitative estimate of drug-likeness (QED) is 0.366. The second kappa shape index (κ2) is 6.62. The van der Waals surface area contributed by atoms with Crippen LogP contribution in [0.4, 0.5) is 10.1 Å². The fraction of sp³-hybridized carbons (Fsp3) is 0.0625. The monoisotopic (exact) mass is 301 g/mol. The van der Waals surface area contributed by atoms with Crippen LogP contribution in [0.25, 0.3) is 6.08 Å². The summed E-state index contributed by atoms with van der Waals surface area (Å²) in [5.74, 6) is -0.600. The molecule has 0 unspecified atom stereocenters. The molecule has 0 aromatic heterocycles. The fourth-order valence-corrected chi connectivity index (χ4v) is 1.84. The van der Waals surface area contributed by atoms with Gasteiger partial charge in [-0.1, -0.05) is 12.1 Å². The second-order valence-corrected chi connectivity index (χ2v) is 4.39. The Morgan fingerprint density at radius 1 is 1.23 bits per heavy atom. The Bertz CT molecular complexity index is 738. The highest BCUT2D eigenvalue weighted by Gasteiger charge is 2.14. The number of methoxy groups -OCH3 is 1. The van der Waals surface area contributed by atoms with E-state index in [-0.39, 0.29) is 17.2 Å². The zero-order chi connectivity index (χ0) is 16.1. The standard InChI is InChI=1S/C16H12FNO4/c1-22-16-9-3-11(10-14(16)18(20)21)2-8-15(19)12-4-6-13(17)7-5-12/h2-10H,1H3/b8-2+. The molecular weight excluding hydrogens is 289 g/mol. The van der Waals surface area contributed by atoms with Crippen molar-refractivity contribution in [2.45, 2.75) is 0 Å². The van der Waals surface area contributed by atoms with Gasteiger partial charge in [0.05, 0.1) is 12.0 Å². The van der Waals surface area contributed by atoms with Gasteiger partial charge in [0.25, 0.3) is 0 Å². The molecular formula is C16H12FNO4. The van der Waals surface area contributed by atoms with Crippen LogP contribution in [0.5, 0.6) is 5.75 Å². The third kappa shape index (κ3) is 3.54. The highest BCUT2D eigenvalue weighted by atomic mass is 19.1. The van der Waals surface area contributed by atoms with E-state index < -0.39 is 10.7 Å². The van der Waals surface area contributed by atoms with Crippen molar-refractivity contribution in [3.05, 3.63) is 75.6 Å². The number of benzene rings is 2. The molecule has 112 valence electrons. The predicted octanol–water partition coefficient (Wildman–Crippen LogP) is 3.64. The molecule has 0 amide bonds. The Hall–Kier alpha value is -3.02. The van der Waals surface area contributed by atoms with E-state index in [1.54, 1.807) is 6.07 Å². The van der Waals surface area contributed by atoms with Crippen molar-refractivity contribution in [2.24, 2.45) is 0 Å². The first kappa shape index (κ1) is 15.4. The minimum absolute atomic E-state index is 0.145. The lowest BCUT2D eigenvalue weighted by Gasteiger charge is -2.02. The molecule has 2 aromatic rings. The van der Waals surface area contributed by atoms with E-state index in [2.05, 4.69) is 0 Å². The van der Waals surface area contributed by atoms with E-state index in [0.29, 0.717) is 11.1 Å². The van der Waals surface area contributed by atoms with Gasteiger partial charge in [-0.25, -0.2) is 4.39 Å². The number of carbonyl (C=O) groups excluding carboxylic acids is 1. The van der Waals surface area contributed by atoms with Crippen LogP contribution in [-0.4, -0.2) is 17.8 Å². The highest BCUT2D eigenvalue weighted by Crippen LogP contribution is 2.27. The first-order valence-corrected chi connectivity index (χ1v) is 6.31. The Kier molecular flexibility index (Phi) is 4.63. The van der Waals surface area contributed by atoms with Gasteiger partial charge in [0.2, 0.25) is 0 Å². The zero-order valence-corrected chi connectivity index (χ0v) is 11.7. The van der Waals surface area contributed by atoms with Crippen LogP contribution in [0, 0.1) is 15.9 Å². The van der Waals surface area contributed by atoms with Gasteiger partial charge in [0.1, 0.15) is 5.82 Å². The van der Waals surface area contributed by atoms with Gasteiger partial charge < -0.3 is 4.74 Å². The first-order valence-electron chi connectivity index (χ1n) is 6.31. The van der Waals surface area contributed by atoms with Gasteiger partial charge >= 0.3 is 5.69 Å². The molecule has 0 radical (unpaired) electrons. The molecule has 0 fully saturated rings. The lowest BCUT2D eigenvalue weighted by Crippen LogP contribution is -1.95. The number of carbonyl (C=O) groups is 1. The topological polar surface area (TPSA) is 69.4 Å². The van der Waals surface area contributed by atoms with Gasteiger partial charge in [0, 0.05) is 11.6 Å². The third-order valence-electron chi connectivity index (χ3n) is 2.96. The molecule has 5 nitrogen and oxygen atoms in total. The summed E-state index contributed by atoms with van der Waals surface area (Å²) in [5.41, 5.74) is 0.641. The van der Waals surface area contributed by atoms with Crippen LogP contribution in [0.1, 0.15) is 15.9 Å². The molecule has 0 bridgehead atoms. The summed E-state index contributed by atoms with van der Waals surface area (Å²) in [4.78, 5) is 22.3. The van der Waals surface area contributed by atoms with Crippen molar-refractivity contribution in [3.8, 4) is 5.75 Å². The Morgan fingerprint density at radius 3 is 2.50 bits per heavy atom. The van der Waals surface area contributed by atoms with Crippen molar-refractivity contribution >= 4 is 17.5 Å². The van der Waals surface area contributed by atoms with E-state index in [9.17, 15) is 19.3 Å². The summed E-state index contributed by atoms with van der Waals surface area (Å²) in [7, 11) is 1.34. The maximum absolute atomic E-state index is 12.8. The van der Waals surface area contributed by atoms with E-state index in [1.807, 2.05) is 0 Å². The normalized spacial score (nSPS) is 10.6. The van der Waals surface area contributed by atoms with E-state index in [0.717, 1.165) is 0 Å². The SMILES string of the molecule is COc1ccc(/C=C/C(=O)c2ccc(F)cc2)cc1[N+](=O)[O-]. The molecule has 0 heterocycles. The van der Waals surface area contributed by atoms with Crippen LogP contribution in [-0.2, 0) is 0 Å². The lowest BCUT2D eigenvalue weighted by molar-refractivity contribution is -0.385. The number of ketones is 1. The van der Waals surface area contributed by atoms with Crippen LogP contribution < -0.4 is 4.74 Å². The molecule has 0 aliphatic heterocycles. The number of allylic oxidation sites excluding steroid dienone is 1. The molecule has 6 heteroatoms. The summed E-state index contributed by atoms with van der Waals surface area (Å²) >= 11 is 0. The maximum Gasteiger partial charge on any atom is 0.311 e.